The van der Waals surface area contributed by atoms with Crippen molar-refractivity contribution in [2.45, 2.75) is 25.2 Å². The fraction of sp³-hybridized carbons (Fsp3) is 0.0851. The van der Waals surface area contributed by atoms with Gasteiger partial charge in [0.05, 0.1) is 0 Å². The Balaban J connectivity index is 1.01. The van der Waals surface area contributed by atoms with E-state index in [0.717, 1.165) is 69.2 Å². The number of aromatic nitrogens is 1. The lowest BCUT2D eigenvalue weighted by Crippen LogP contribution is -2.17. The van der Waals surface area contributed by atoms with Gasteiger partial charge >= 0.3 is 0 Å². The van der Waals surface area contributed by atoms with Crippen molar-refractivity contribution in [1.29, 1.82) is 0 Å². The second-order valence-corrected chi connectivity index (χ2v) is 13.1. The molecule has 0 N–H and O–H groups in total. The van der Waals surface area contributed by atoms with E-state index in [0.29, 0.717) is 11.8 Å². The molecule has 2 aliphatic carbocycles. The molecule has 0 aliphatic heterocycles. The predicted molar refractivity (Wildman–Crippen MR) is 208 cm³/mol. The Bertz CT molecular complexity index is 2430. The van der Waals surface area contributed by atoms with Crippen LogP contribution in [0, 0.1) is 0 Å². The third kappa shape index (κ3) is 5.77. The van der Waals surface area contributed by atoms with E-state index in [4.69, 9.17) is 9.40 Å². The fourth-order valence-electron chi connectivity index (χ4n) is 7.30. The Hall–Kier alpha value is -6.19. The highest BCUT2D eigenvalue weighted by Gasteiger charge is 2.19. The molecule has 1 unspecified atom stereocenters. The molecular formula is C47H36N2O. The highest BCUT2D eigenvalue weighted by Crippen LogP contribution is 2.38. The SMILES string of the molecule is C1=CC(c2ccccc2)CC=C1c1nc2ccc3ccc(-c4ccc(N(C5=CC=C(c6ccccc6)CC5)c5ccccc5)cc4)cc3c2o1. The number of benzene rings is 6. The Morgan fingerprint density at radius 3 is 2.04 bits per heavy atom. The zero-order valence-corrected chi connectivity index (χ0v) is 27.7. The summed E-state index contributed by atoms with van der Waals surface area (Å²) in [5.41, 5.74) is 12.7. The van der Waals surface area contributed by atoms with Crippen LogP contribution in [0.4, 0.5) is 11.4 Å². The largest absolute Gasteiger partial charge is 0.435 e. The molecule has 0 fully saturated rings. The summed E-state index contributed by atoms with van der Waals surface area (Å²) in [6.45, 7) is 0. The molecule has 1 aromatic heterocycles. The number of allylic oxidation sites excluding steroid dienone is 8. The summed E-state index contributed by atoms with van der Waals surface area (Å²) >= 11 is 0. The summed E-state index contributed by atoms with van der Waals surface area (Å²) < 4.78 is 6.51. The molecular weight excluding hydrogens is 609 g/mol. The van der Waals surface area contributed by atoms with Gasteiger partial charge in [-0.15, -0.1) is 0 Å². The summed E-state index contributed by atoms with van der Waals surface area (Å²) in [6, 6.07) is 51.8. The van der Waals surface area contributed by atoms with Gasteiger partial charge in [0, 0.05) is 33.9 Å². The molecule has 0 saturated heterocycles. The first kappa shape index (κ1) is 29.9. The van der Waals surface area contributed by atoms with E-state index in [1.54, 1.807) is 0 Å². The number of hydrogen-bond donors (Lipinski definition) is 0. The van der Waals surface area contributed by atoms with Gasteiger partial charge in [0.15, 0.2) is 5.58 Å². The average molecular weight is 645 g/mol. The molecule has 0 saturated carbocycles. The monoisotopic (exact) mass is 644 g/mol. The molecule has 7 aromatic rings. The van der Waals surface area contributed by atoms with Crippen molar-refractivity contribution in [1.82, 2.24) is 4.98 Å². The normalized spacial score (nSPS) is 15.8. The van der Waals surface area contributed by atoms with Crippen LogP contribution in [0.1, 0.15) is 42.2 Å². The van der Waals surface area contributed by atoms with Crippen molar-refractivity contribution in [3.63, 3.8) is 0 Å². The third-order valence-electron chi connectivity index (χ3n) is 9.98. The first-order chi connectivity index (χ1) is 24.8. The Morgan fingerprint density at radius 2 is 1.32 bits per heavy atom. The highest BCUT2D eigenvalue weighted by atomic mass is 16.3. The number of hydrogen-bond acceptors (Lipinski definition) is 3. The molecule has 240 valence electrons. The van der Waals surface area contributed by atoms with Crippen LogP contribution in [0.2, 0.25) is 0 Å². The second-order valence-electron chi connectivity index (χ2n) is 13.1. The summed E-state index contributed by atoms with van der Waals surface area (Å²) in [4.78, 5) is 7.30. The van der Waals surface area contributed by atoms with Crippen LogP contribution in [-0.4, -0.2) is 4.98 Å². The molecule has 1 atom stereocenters. The molecule has 2 aliphatic rings. The number of nitrogens with zero attached hydrogens (tertiary/aromatic N) is 2. The maximum atomic E-state index is 6.51. The molecule has 6 aromatic carbocycles. The lowest BCUT2D eigenvalue weighted by molar-refractivity contribution is 0.587. The standard InChI is InChI=1S/C47H36N2O/c1-4-10-33(11-5-1)35-16-19-39(20-17-35)47-48-45-31-26-38-18-21-40(32-44(38)46(45)50-47)37-24-29-43(30-25-37)49(41-14-8-3-9-15-41)42-27-22-36(23-28-42)34-12-6-2-7-13-34/h1-16,18-22,24-27,29-32,35H,17,23,28H2. The molecule has 0 spiro atoms. The van der Waals surface area contributed by atoms with Gasteiger partial charge in [-0.25, -0.2) is 4.98 Å². The van der Waals surface area contributed by atoms with Gasteiger partial charge in [-0.3, -0.25) is 0 Å². The van der Waals surface area contributed by atoms with Crippen LogP contribution < -0.4 is 4.90 Å². The summed E-state index contributed by atoms with van der Waals surface area (Å²) in [5, 5.41) is 2.21. The molecule has 1 heterocycles. The Kier molecular flexibility index (Phi) is 7.79. The van der Waals surface area contributed by atoms with Gasteiger partial charge in [-0.2, -0.15) is 0 Å². The number of oxazole rings is 1. The zero-order chi connectivity index (χ0) is 33.3. The minimum Gasteiger partial charge on any atom is -0.435 e. The molecule has 0 radical (unpaired) electrons. The Labute approximate surface area is 292 Å². The predicted octanol–water partition coefficient (Wildman–Crippen LogP) is 12.7. The minimum absolute atomic E-state index is 0.377. The molecule has 0 amide bonds. The topological polar surface area (TPSA) is 29.3 Å². The minimum atomic E-state index is 0.377. The molecule has 9 rings (SSSR count). The molecule has 50 heavy (non-hydrogen) atoms. The van der Waals surface area contributed by atoms with Gasteiger partial charge in [0.25, 0.3) is 0 Å². The van der Waals surface area contributed by atoms with Crippen molar-refractivity contribution in [2.75, 3.05) is 4.90 Å². The van der Waals surface area contributed by atoms with Gasteiger partial charge in [-0.05, 0) is 94.9 Å². The average Bonchev–Trinajstić information content (AvgIpc) is 3.65. The van der Waals surface area contributed by atoms with E-state index in [1.165, 1.54) is 22.4 Å². The second kappa shape index (κ2) is 13.0. The van der Waals surface area contributed by atoms with Crippen molar-refractivity contribution in [3.05, 3.63) is 199 Å². The first-order valence-electron chi connectivity index (χ1n) is 17.4. The molecule has 0 bridgehead atoms. The van der Waals surface area contributed by atoms with Crippen molar-refractivity contribution < 1.29 is 4.42 Å². The molecule has 3 heteroatoms. The van der Waals surface area contributed by atoms with E-state index < -0.39 is 0 Å². The van der Waals surface area contributed by atoms with Gasteiger partial charge < -0.3 is 9.32 Å². The number of para-hydroxylation sites is 1. The fourth-order valence-corrected chi connectivity index (χ4v) is 7.30. The Morgan fingerprint density at radius 1 is 0.620 bits per heavy atom. The highest BCUT2D eigenvalue weighted by molar-refractivity contribution is 6.05. The van der Waals surface area contributed by atoms with E-state index in [-0.39, 0.29) is 0 Å². The number of fused-ring (bicyclic) bond motifs is 3. The first-order valence-corrected chi connectivity index (χ1v) is 17.4. The van der Waals surface area contributed by atoms with E-state index in [2.05, 4.69) is 181 Å². The van der Waals surface area contributed by atoms with Crippen LogP contribution in [-0.2, 0) is 0 Å². The van der Waals surface area contributed by atoms with Crippen LogP contribution in [0.15, 0.2) is 186 Å². The van der Waals surface area contributed by atoms with Crippen LogP contribution in [0.3, 0.4) is 0 Å². The van der Waals surface area contributed by atoms with E-state index >= 15 is 0 Å². The quantitative estimate of drug-likeness (QED) is 0.173. The third-order valence-corrected chi connectivity index (χ3v) is 9.98. The zero-order valence-electron chi connectivity index (χ0n) is 27.7. The smallest absolute Gasteiger partial charge is 0.227 e. The van der Waals surface area contributed by atoms with Crippen LogP contribution in [0.25, 0.3) is 44.1 Å². The summed E-state index contributed by atoms with van der Waals surface area (Å²) in [6.07, 6.45) is 14.1. The van der Waals surface area contributed by atoms with E-state index in [1.807, 2.05) is 0 Å². The van der Waals surface area contributed by atoms with E-state index in [9.17, 15) is 0 Å². The number of anilines is 2. The molecule has 3 nitrogen and oxygen atoms in total. The van der Waals surface area contributed by atoms with Crippen molar-refractivity contribution in [3.8, 4) is 11.1 Å². The van der Waals surface area contributed by atoms with Gasteiger partial charge in [0.1, 0.15) is 5.52 Å². The van der Waals surface area contributed by atoms with Crippen molar-refractivity contribution in [2.24, 2.45) is 0 Å². The van der Waals surface area contributed by atoms with Gasteiger partial charge in [0.2, 0.25) is 5.89 Å². The maximum Gasteiger partial charge on any atom is 0.227 e. The van der Waals surface area contributed by atoms with Crippen LogP contribution >= 0.6 is 0 Å². The van der Waals surface area contributed by atoms with Gasteiger partial charge in [-0.1, -0.05) is 133 Å². The van der Waals surface area contributed by atoms with Crippen LogP contribution in [0.5, 0.6) is 0 Å². The summed E-state index contributed by atoms with van der Waals surface area (Å²) in [7, 11) is 0. The summed E-state index contributed by atoms with van der Waals surface area (Å²) in [5.74, 6) is 1.05. The lowest BCUT2D eigenvalue weighted by atomic mass is 9.90. The van der Waals surface area contributed by atoms with Crippen molar-refractivity contribution >= 4 is 44.4 Å². The maximum absolute atomic E-state index is 6.51. The lowest BCUT2D eigenvalue weighted by Gasteiger charge is -2.30. The number of rotatable bonds is 7.